The van der Waals surface area contributed by atoms with Gasteiger partial charge in [0.25, 0.3) is 5.56 Å². The third-order valence-corrected chi connectivity index (χ3v) is 5.79. The van der Waals surface area contributed by atoms with Gasteiger partial charge in [0.05, 0.1) is 11.8 Å². The number of alkyl halides is 3. The topological polar surface area (TPSA) is 126 Å². The molecular weight excluding hydrogens is 461 g/mol. The molecule has 0 unspecified atom stereocenters. The van der Waals surface area contributed by atoms with Crippen LogP contribution in [0.1, 0.15) is 40.5 Å². The Hall–Kier alpha value is -4.15. The second-order valence-corrected chi connectivity index (χ2v) is 8.20. The largest absolute Gasteiger partial charge is 0.416 e. The molecule has 8 nitrogen and oxygen atoms in total. The molecule has 1 aliphatic rings. The molecule has 0 bridgehead atoms. The first-order valence-corrected chi connectivity index (χ1v) is 10.8. The lowest BCUT2D eigenvalue weighted by molar-refractivity contribution is -0.137. The van der Waals surface area contributed by atoms with E-state index in [1.165, 1.54) is 22.9 Å². The Kier molecular flexibility index (Phi) is 6.59. The van der Waals surface area contributed by atoms with Crippen LogP contribution in [-0.2, 0) is 30.5 Å². The van der Waals surface area contributed by atoms with E-state index in [1.54, 1.807) is 24.3 Å². The fourth-order valence-corrected chi connectivity index (χ4v) is 3.94. The maximum absolute atomic E-state index is 13.1. The fraction of sp³-hybridized carbons (Fsp3) is 0.250. The van der Waals surface area contributed by atoms with Crippen molar-refractivity contribution >= 4 is 17.4 Å². The predicted octanol–water partition coefficient (Wildman–Crippen LogP) is 2.96. The molecule has 1 atom stereocenters. The molecule has 5 N–H and O–H groups in total. The summed E-state index contributed by atoms with van der Waals surface area (Å²) in [7, 11) is 0. The first kappa shape index (κ1) is 24.0. The molecule has 1 aromatic heterocycles. The Labute approximate surface area is 198 Å². The van der Waals surface area contributed by atoms with Crippen LogP contribution in [0.15, 0.2) is 59.5 Å². The van der Waals surface area contributed by atoms with Crippen LogP contribution in [0.2, 0.25) is 0 Å². The number of amides is 1. The van der Waals surface area contributed by atoms with Gasteiger partial charge in [0, 0.05) is 25.1 Å². The summed E-state index contributed by atoms with van der Waals surface area (Å²) in [4.78, 5) is 30.2. The molecule has 35 heavy (non-hydrogen) atoms. The molecule has 0 aliphatic carbocycles. The van der Waals surface area contributed by atoms with Crippen molar-refractivity contribution in [3.63, 3.8) is 0 Å². The Morgan fingerprint density at radius 2 is 1.89 bits per heavy atom. The van der Waals surface area contributed by atoms with Crippen LogP contribution in [0.4, 0.5) is 18.9 Å². The number of nitrogens with two attached hydrogens (primary N) is 1. The van der Waals surface area contributed by atoms with Gasteiger partial charge in [-0.15, -0.1) is 0 Å². The van der Waals surface area contributed by atoms with Crippen molar-refractivity contribution in [2.45, 2.75) is 38.1 Å². The lowest BCUT2D eigenvalue weighted by atomic mass is 10.1. The minimum atomic E-state index is -4.46. The van der Waals surface area contributed by atoms with Gasteiger partial charge >= 0.3 is 6.18 Å². The molecule has 0 saturated carbocycles. The number of nitrogen functional groups attached to an aromatic ring is 1. The monoisotopic (exact) mass is 484 g/mol. The maximum Gasteiger partial charge on any atom is 0.416 e. The summed E-state index contributed by atoms with van der Waals surface area (Å²) in [6.07, 6.45) is -2.25. The van der Waals surface area contributed by atoms with E-state index < -0.39 is 23.3 Å². The molecule has 0 fully saturated rings. The van der Waals surface area contributed by atoms with Crippen molar-refractivity contribution in [1.82, 2.24) is 14.9 Å². The highest BCUT2D eigenvalue weighted by atomic mass is 19.4. The van der Waals surface area contributed by atoms with Gasteiger partial charge in [0.2, 0.25) is 5.91 Å². The molecular formula is C24H23F3N6O2. The Balaban J connectivity index is 1.45. The van der Waals surface area contributed by atoms with Crippen LogP contribution in [-0.4, -0.2) is 21.3 Å². The van der Waals surface area contributed by atoms with Gasteiger partial charge in [0.1, 0.15) is 23.4 Å². The number of aromatic nitrogens is 2. The van der Waals surface area contributed by atoms with E-state index in [9.17, 15) is 22.8 Å². The van der Waals surface area contributed by atoms with Crippen LogP contribution in [0, 0.1) is 5.41 Å². The average molecular weight is 484 g/mol. The first-order chi connectivity index (χ1) is 16.6. The smallest absolute Gasteiger partial charge is 0.384 e. The summed E-state index contributed by atoms with van der Waals surface area (Å²) in [5.41, 5.74) is 6.06. The highest BCUT2D eigenvalue weighted by Gasteiger charge is 2.32. The highest BCUT2D eigenvalue weighted by Crippen LogP contribution is 2.29. The molecule has 0 spiro atoms. The minimum absolute atomic E-state index is 0.00664. The summed E-state index contributed by atoms with van der Waals surface area (Å²) >= 11 is 0. The summed E-state index contributed by atoms with van der Waals surface area (Å²) in [5.74, 6) is 0.0939. The van der Waals surface area contributed by atoms with Crippen LogP contribution < -0.4 is 21.9 Å². The SMILES string of the molecule is N=C(N)c1ccc(CNC(=O)[C@@H]2CCc3ncc(NCc4cccc(C(F)(F)F)c4)c(=O)n32)cc1. The third kappa shape index (κ3) is 5.34. The molecule has 2 aromatic carbocycles. The number of anilines is 1. The molecule has 182 valence electrons. The quantitative estimate of drug-likeness (QED) is 0.303. The Morgan fingerprint density at radius 3 is 2.57 bits per heavy atom. The third-order valence-electron chi connectivity index (χ3n) is 5.79. The minimum Gasteiger partial charge on any atom is -0.384 e. The second-order valence-electron chi connectivity index (χ2n) is 8.20. The zero-order valence-corrected chi connectivity index (χ0v) is 18.5. The number of rotatable bonds is 7. The molecule has 11 heteroatoms. The molecule has 2 heterocycles. The van der Waals surface area contributed by atoms with Crippen LogP contribution >= 0.6 is 0 Å². The number of carbonyl (C=O) groups is 1. The number of nitrogens with one attached hydrogen (secondary N) is 3. The Bertz CT molecular complexity index is 1320. The summed E-state index contributed by atoms with van der Waals surface area (Å²) in [5, 5.41) is 13.1. The number of nitrogens with zero attached hydrogens (tertiary/aromatic N) is 2. The molecule has 0 radical (unpaired) electrons. The highest BCUT2D eigenvalue weighted by molar-refractivity contribution is 5.94. The van der Waals surface area contributed by atoms with E-state index in [0.717, 1.165) is 17.7 Å². The van der Waals surface area contributed by atoms with Gasteiger partial charge in [-0.2, -0.15) is 13.2 Å². The van der Waals surface area contributed by atoms with E-state index in [-0.39, 0.29) is 30.5 Å². The van der Waals surface area contributed by atoms with Crippen molar-refractivity contribution in [3.8, 4) is 0 Å². The van der Waals surface area contributed by atoms with Gasteiger partial charge in [-0.3, -0.25) is 19.6 Å². The molecule has 1 amide bonds. The fourth-order valence-electron chi connectivity index (χ4n) is 3.94. The molecule has 1 aliphatic heterocycles. The number of aryl methyl sites for hydroxylation is 1. The number of hydrogen-bond donors (Lipinski definition) is 4. The van der Waals surface area contributed by atoms with E-state index in [2.05, 4.69) is 15.6 Å². The lowest BCUT2D eigenvalue weighted by Gasteiger charge is -2.16. The van der Waals surface area contributed by atoms with Gasteiger partial charge in [0.15, 0.2) is 0 Å². The van der Waals surface area contributed by atoms with Gasteiger partial charge < -0.3 is 16.4 Å². The standard InChI is InChI=1S/C24H23F3N6O2/c25-24(26,27)17-3-1-2-15(10-17)12-30-18-13-31-20-9-8-19(33(20)23(18)35)22(34)32-11-14-4-6-16(7-5-14)21(28)29/h1-7,10,13,19,30H,8-9,11-12H2,(H3,28,29)(H,32,34)/t19-/m0/s1. The number of fused-ring (bicyclic) bond motifs is 1. The van der Waals surface area contributed by atoms with E-state index in [1.807, 2.05) is 0 Å². The van der Waals surface area contributed by atoms with Crippen molar-refractivity contribution in [3.05, 3.63) is 93.2 Å². The van der Waals surface area contributed by atoms with Crippen LogP contribution in [0.25, 0.3) is 0 Å². The van der Waals surface area contributed by atoms with Crippen molar-refractivity contribution in [1.29, 1.82) is 5.41 Å². The van der Waals surface area contributed by atoms with E-state index in [4.69, 9.17) is 11.1 Å². The first-order valence-electron chi connectivity index (χ1n) is 10.8. The van der Waals surface area contributed by atoms with Crippen molar-refractivity contribution < 1.29 is 18.0 Å². The van der Waals surface area contributed by atoms with Crippen LogP contribution in [0.5, 0.6) is 0 Å². The summed E-state index contributed by atoms with van der Waals surface area (Å²) < 4.78 is 40.2. The van der Waals surface area contributed by atoms with E-state index in [0.29, 0.717) is 29.8 Å². The average Bonchev–Trinajstić information content (AvgIpc) is 3.27. The molecule has 3 aromatic rings. The number of amidine groups is 1. The van der Waals surface area contributed by atoms with Gasteiger partial charge in [-0.05, 0) is 29.7 Å². The zero-order valence-electron chi connectivity index (χ0n) is 18.5. The predicted molar refractivity (Wildman–Crippen MR) is 124 cm³/mol. The van der Waals surface area contributed by atoms with E-state index >= 15 is 0 Å². The Morgan fingerprint density at radius 1 is 1.14 bits per heavy atom. The number of hydrogen-bond acceptors (Lipinski definition) is 5. The van der Waals surface area contributed by atoms with Gasteiger partial charge in [-0.1, -0.05) is 36.4 Å². The normalized spacial score (nSPS) is 14.9. The number of carbonyl (C=O) groups excluding carboxylic acids is 1. The number of benzene rings is 2. The summed E-state index contributed by atoms with van der Waals surface area (Å²) in [6, 6.07) is 11.0. The number of halogens is 3. The lowest BCUT2D eigenvalue weighted by Crippen LogP contribution is -2.36. The van der Waals surface area contributed by atoms with Gasteiger partial charge in [-0.25, -0.2) is 4.98 Å². The molecule has 4 rings (SSSR count). The maximum atomic E-state index is 13.1. The van der Waals surface area contributed by atoms with Crippen molar-refractivity contribution in [2.24, 2.45) is 5.73 Å². The van der Waals surface area contributed by atoms with Crippen LogP contribution in [0.3, 0.4) is 0 Å². The zero-order chi connectivity index (χ0) is 25.2. The second kappa shape index (κ2) is 9.61. The molecule has 0 saturated heterocycles. The summed E-state index contributed by atoms with van der Waals surface area (Å²) in [6.45, 7) is 0.228. The van der Waals surface area contributed by atoms with Crippen molar-refractivity contribution in [2.75, 3.05) is 5.32 Å².